The van der Waals surface area contributed by atoms with Crippen molar-refractivity contribution in [1.82, 2.24) is 4.57 Å². The number of hydrogen-bond donors (Lipinski definition) is 0. The van der Waals surface area contributed by atoms with Crippen LogP contribution in [-0.2, 0) is 11.8 Å². The number of carbonyl (C=O) groups is 1. The van der Waals surface area contributed by atoms with Crippen LogP contribution in [0.25, 0.3) is 0 Å². The van der Waals surface area contributed by atoms with E-state index in [9.17, 15) is 22.8 Å². The van der Waals surface area contributed by atoms with Crippen molar-refractivity contribution in [2.45, 2.75) is 12.3 Å². The Kier molecular flexibility index (Phi) is 5.39. The molecular formula is C15H10BrClF3NO3. The standard InChI is InChI=1S/C15H10BrClF3NO3/c1-21-6-2-3-9(13(21)22)14(23)24-12(15(18,19)20)8-4-5-10(16)11(17)7-8/h2-7,12H,1H3. The van der Waals surface area contributed by atoms with Gasteiger partial charge in [-0.25, -0.2) is 4.79 Å². The smallest absolute Gasteiger partial charge is 0.429 e. The Morgan fingerprint density at radius 3 is 2.58 bits per heavy atom. The van der Waals surface area contributed by atoms with Gasteiger partial charge >= 0.3 is 12.1 Å². The fraction of sp³-hybridized carbons (Fsp3) is 0.200. The third kappa shape index (κ3) is 3.99. The second-order valence-corrected chi connectivity index (χ2v) is 6.10. The van der Waals surface area contributed by atoms with Gasteiger partial charge in [-0.2, -0.15) is 13.2 Å². The highest BCUT2D eigenvalue weighted by Gasteiger charge is 2.44. The fourth-order valence-corrected chi connectivity index (χ4v) is 2.36. The second kappa shape index (κ2) is 6.98. The molecule has 0 saturated heterocycles. The van der Waals surface area contributed by atoms with Gasteiger partial charge in [-0.3, -0.25) is 4.79 Å². The number of ether oxygens (including phenoxy) is 1. The average Bonchev–Trinajstić information content (AvgIpc) is 2.49. The minimum Gasteiger partial charge on any atom is -0.444 e. The lowest BCUT2D eigenvalue weighted by atomic mass is 10.1. The van der Waals surface area contributed by atoms with Crippen molar-refractivity contribution in [3.8, 4) is 0 Å². The molecule has 0 N–H and O–H groups in total. The maximum atomic E-state index is 13.3. The maximum absolute atomic E-state index is 13.3. The number of carbonyl (C=O) groups excluding carboxylic acids is 1. The summed E-state index contributed by atoms with van der Waals surface area (Å²) in [6.45, 7) is 0. The van der Waals surface area contributed by atoms with Gasteiger partial charge in [-0.1, -0.05) is 17.7 Å². The zero-order valence-corrected chi connectivity index (χ0v) is 14.4. The molecule has 0 amide bonds. The number of hydrogen-bond acceptors (Lipinski definition) is 3. The molecule has 0 aliphatic carbocycles. The fourth-order valence-electron chi connectivity index (χ4n) is 1.92. The molecule has 0 saturated carbocycles. The van der Waals surface area contributed by atoms with Crippen molar-refractivity contribution in [2.24, 2.45) is 7.05 Å². The van der Waals surface area contributed by atoms with E-state index in [1.54, 1.807) is 0 Å². The molecular weight excluding hydrogens is 415 g/mol. The van der Waals surface area contributed by atoms with Crippen LogP contribution in [0, 0.1) is 0 Å². The summed E-state index contributed by atoms with van der Waals surface area (Å²) >= 11 is 8.87. The zero-order valence-electron chi connectivity index (χ0n) is 12.1. The van der Waals surface area contributed by atoms with E-state index in [1.165, 1.54) is 25.4 Å². The van der Waals surface area contributed by atoms with Gasteiger partial charge in [-0.05, 0) is 40.2 Å². The Labute approximate surface area is 147 Å². The first kappa shape index (κ1) is 18.5. The zero-order chi connectivity index (χ0) is 18.1. The molecule has 1 unspecified atom stereocenters. The molecule has 24 heavy (non-hydrogen) atoms. The van der Waals surface area contributed by atoms with E-state index >= 15 is 0 Å². The first-order chi connectivity index (χ1) is 11.1. The summed E-state index contributed by atoms with van der Waals surface area (Å²) in [7, 11) is 1.37. The highest BCUT2D eigenvalue weighted by Crippen LogP contribution is 2.38. The molecule has 2 rings (SSSR count). The summed E-state index contributed by atoms with van der Waals surface area (Å²) in [5, 5.41) is 0.0356. The van der Waals surface area contributed by atoms with Crippen LogP contribution in [0.2, 0.25) is 5.02 Å². The first-order valence-electron chi connectivity index (χ1n) is 6.49. The molecule has 0 aliphatic rings. The highest BCUT2D eigenvalue weighted by molar-refractivity contribution is 9.10. The van der Waals surface area contributed by atoms with Gasteiger partial charge < -0.3 is 9.30 Å². The third-order valence-electron chi connectivity index (χ3n) is 3.11. The summed E-state index contributed by atoms with van der Waals surface area (Å²) in [6, 6.07) is 5.94. The Bertz CT molecular complexity index is 835. The maximum Gasteiger partial charge on any atom is 0.429 e. The predicted molar refractivity (Wildman–Crippen MR) is 85.0 cm³/mol. The third-order valence-corrected chi connectivity index (χ3v) is 4.34. The van der Waals surface area contributed by atoms with E-state index < -0.39 is 29.4 Å². The van der Waals surface area contributed by atoms with Gasteiger partial charge in [0.25, 0.3) is 5.56 Å². The highest BCUT2D eigenvalue weighted by atomic mass is 79.9. The molecule has 4 nitrogen and oxygen atoms in total. The number of pyridine rings is 1. The molecule has 9 heteroatoms. The SMILES string of the molecule is Cn1cccc(C(=O)OC(c2ccc(Br)c(Cl)c2)C(F)(F)F)c1=O. The Hall–Kier alpha value is -1.80. The van der Waals surface area contributed by atoms with Gasteiger partial charge in [0.2, 0.25) is 6.10 Å². The lowest BCUT2D eigenvalue weighted by Crippen LogP contribution is -2.30. The van der Waals surface area contributed by atoms with Gasteiger partial charge in [0.15, 0.2) is 0 Å². The number of esters is 1. The number of aryl methyl sites for hydroxylation is 1. The molecule has 0 fully saturated rings. The largest absolute Gasteiger partial charge is 0.444 e. The number of aromatic nitrogens is 1. The van der Waals surface area contributed by atoms with Crippen LogP contribution >= 0.6 is 27.5 Å². The molecule has 0 bridgehead atoms. The van der Waals surface area contributed by atoms with Gasteiger partial charge in [0, 0.05) is 23.3 Å². The van der Waals surface area contributed by atoms with Crippen LogP contribution in [0.4, 0.5) is 13.2 Å². The summed E-state index contributed by atoms with van der Waals surface area (Å²) in [6.07, 6.45) is -6.04. The molecule has 128 valence electrons. The van der Waals surface area contributed by atoms with Crippen LogP contribution in [0.5, 0.6) is 0 Å². The monoisotopic (exact) mass is 423 g/mol. The minimum absolute atomic E-state index is 0.0356. The molecule has 1 heterocycles. The molecule has 0 spiro atoms. The van der Waals surface area contributed by atoms with Crippen LogP contribution < -0.4 is 5.56 Å². The van der Waals surface area contributed by atoms with Gasteiger partial charge in [-0.15, -0.1) is 0 Å². The second-order valence-electron chi connectivity index (χ2n) is 4.84. The normalized spacial score (nSPS) is 12.8. The lowest BCUT2D eigenvalue weighted by molar-refractivity contribution is -0.207. The van der Waals surface area contributed by atoms with E-state index in [1.807, 2.05) is 0 Å². The first-order valence-corrected chi connectivity index (χ1v) is 7.66. The molecule has 0 radical (unpaired) electrons. The molecule has 1 atom stereocenters. The number of alkyl halides is 3. The van der Waals surface area contributed by atoms with Crippen LogP contribution in [0.1, 0.15) is 22.0 Å². The molecule has 1 aromatic carbocycles. The number of benzene rings is 1. The van der Waals surface area contributed by atoms with E-state index in [0.29, 0.717) is 4.47 Å². The summed E-state index contributed by atoms with van der Waals surface area (Å²) in [5.74, 6) is -1.36. The Balaban J connectivity index is 2.40. The lowest BCUT2D eigenvalue weighted by Gasteiger charge is -2.21. The predicted octanol–water partition coefficient (Wildman–Crippen LogP) is 4.26. The quantitative estimate of drug-likeness (QED) is 0.692. The molecule has 1 aromatic heterocycles. The summed E-state index contributed by atoms with van der Waals surface area (Å²) in [4.78, 5) is 23.9. The number of halogens is 5. The van der Waals surface area contributed by atoms with E-state index in [2.05, 4.69) is 20.7 Å². The van der Waals surface area contributed by atoms with Crippen LogP contribution in [-0.4, -0.2) is 16.7 Å². The van der Waals surface area contributed by atoms with E-state index in [-0.39, 0.29) is 10.6 Å². The Morgan fingerprint density at radius 2 is 2.00 bits per heavy atom. The van der Waals surface area contributed by atoms with Crippen molar-refractivity contribution in [1.29, 1.82) is 0 Å². The summed E-state index contributed by atoms with van der Waals surface area (Å²) in [5.41, 5.74) is -1.59. The van der Waals surface area contributed by atoms with Crippen LogP contribution in [0.15, 0.2) is 45.8 Å². The topological polar surface area (TPSA) is 48.3 Å². The van der Waals surface area contributed by atoms with E-state index in [4.69, 9.17) is 11.6 Å². The van der Waals surface area contributed by atoms with Crippen molar-refractivity contribution < 1.29 is 22.7 Å². The van der Waals surface area contributed by atoms with Crippen molar-refractivity contribution >= 4 is 33.5 Å². The van der Waals surface area contributed by atoms with Crippen molar-refractivity contribution in [2.75, 3.05) is 0 Å². The van der Waals surface area contributed by atoms with E-state index in [0.717, 1.165) is 22.8 Å². The van der Waals surface area contributed by atoms with Crippen LogP contribution in [0.3, 0.4) is 0 Å². The summed E-state index contributed by atoms with van der Waals surface area (Å²) < 4.78 is 45.9. The van der Waals surface area contributed by atoms with Gasteiger partial charge in [0.1, 0.15) is 5.56 Å². The minimum atomic E-state index is -4.87. The number of rotatable bonds is 3. The van der Waals surface area contributed by atoms with Gasteiger partial charge in [0.05, 0.1) is 5.02 Å². The molecule has 0 aliphatic heterocycles. The van der Waals surface area contributed by atoms with Crippen molar-refractivity contribution in [3.05, 3.63) is 67.5 Å². The van der Waals surface area contributed by atoms with Crippen molar-refractivity contribution in [3.63, 3.8) is 0 Å². The number of nitrogens with zero attached hydrogens (tertiary/aromatic N) is 1. The molecule has 2 aromatic rings. The Morgan fingerprint density at radius 1 is 1.33 bits per heavy atom. The average molecular weight is 425 g/mol.